The molecule has 2 rings (SSSR count). The summed E-state index contributed by atoms with van der Waals surface area (Å²) in [6, 6.07) is 0. The number of aromatic nitrogens is 3. The van der Waals surface area contributed by atoms with Crippen molar-refractivity contribution in [3.63, 3.8) is 0 Å². The van der Waals surface area contributed by atoms with Crippen molar-refractivity contribution in [3.8, 4) is 0 Å². The highest BCUT2D eigenvalue weighted by atomic mass is 16.5. The Hall–Kier alpha value is -1.96. The Labute approximate surface area is 116 Å². The van der Waals surface area contributed by atoms with E-state index in [1.807, 2.05) is 0 Å². The second-order valence-electron chi connectivity index (χ2n) is 4.54. The van der Waals surface area contributed by atoms with Crippen LogP contribution in [0.4, 0.5) is 0 Å². The molecule has 0 bridgehead atoms. The fraction of sp³-hybridized carbons (Fsp3) is 0.667. The summed E-state index contributed by atoms with van der Waals surface area (Å²) in [7, 11) is 2.55. The number of ether oxygens (including phenoxy) is 3. The summed E-state index contributed by atoms with van der Waals surface area (Å²) < 4.78 is 16.1. The van der Waals surface area contributed by atoms with E-state index in [1.54, 1.807) is 4.68 Å². The van der Waals surface area contributed by atoms with Crippen LogP contribution in [0.15, 0.2) is 0 Å². The third-order valence-electron chi connectivity index (χ3n) is 3.21. The molecule has 1 aliphatic rings. The molecule has 1 aliphatic heterocycles. The van der Waals surface area contributed by atoms with Gasteiger partial charge in [-0.3, -0.25) is 4.79 Å². The van der Waals surface area contributed by atoms with Crippen molar-refractivity contribution in [1.29, 1.82) is 0 Å². The molecular formula is C12H17N3O5. The molecule has 0 N–H and O–H groups in total. The maximum Gasteiger partial charge on any atom is 0.360 e. The Balaban J connectivity index is 2.22. The van der Waals surface area contributed by atoms with Crippen molar-refractivity contribution in [1.82, 2.24) is 15.0 Å². The Kier molecular flexibility index (Phi) is 4.67. The summed E-state index contributed by atoms with van der Waals surface area (Å²) in [5.41, 5.74) is 0.465. The highest BCUT2D eigenvalue weighted by Crippen LogP contribution is 2.17. The molecule has 0 radical (unpaired) electrons. The quantitative estimate of drug-likeness (QED) is 0.692. The summed E-state index contributed by atoms with van der Waals surface area (Å²) >= 11 is 0. The molecule has 2 heterocycles. The fourth-order valence-corrected chi connectivity index (χ4v) is 2.09. The van der Waals surface area contributed by atoms with E-state index in [0.717, 1.165) is 13.0 Å². The molecule has 0 saturated carbocycles. The summed E-state index contributed by atoms with van der Waals surface area (Å²) in [6.07, 6.45) is 0.854. The average molecular weight is 283 g/mol. The number of esters is 2. The summed E-state index contributed by atoms with van der Waals surface area (Å²) in [5.74, 6) is -0.766. The smallest absolute Gasteiger partial charge is 0.360 e. The van der Waals surface area contributed by atoms with Gasteiger partial charge in [0.25, 0.3) is 0 Å². The molecule has 0 amide bonds. The van der Waals surface area contributed by atoms with Crippen molar-refractivity contribution in [2.75, 3.05) is 27.4 Å². The van der Waals surface area contributed by atoms with Crippen LogP contribution in [0.2, 0.25) is 0 Å². The van der Waals surface area contributed by atoms with E-state index in [1.165, 1.54) is 14.2 Å². The van der Waals surface area contributed by atoms with Gasteiger partial charge in [-0.15, -0.1) is 5.10 Å². The number of hydrogen-bond acceptors (Lipinski definition) is 7. The monoisotopic (exact) mass is 283 g/mol. The maximum absolute atomic E-state index is 11.6. The first kappa shape index (κ1) is 14.4. The minimum absolute atomic E-state index is 0.0526. The van der Waals surface area contributed by atoms with Gasteiger partial charge in [-0.25, -0.2) is 9.48 Å². The van der Waals surface area contributed by atoms with Gasteiger partial charge in [0, 0.05) is 19.1 Å². The predicted octanol–water partition coefficient (Wildman–Crippen LogP) is -0.183. The van der Waals surface area contributed by atoms with Crippen molar-refractivity contribution in [3.05, 3.63) is 11.4 Å². The molecule has 110 valence electrons. The molecule has 0 aliphatic carbocycles. The minimum Gasteiger partial charge on any atom is -0.469 e. The number of carbonyl (C=O) groups excluding carboxylic acids is 2. The average Bonchev–Trinajstić information content (AvgIpc) is 3.09. The van der Waals surface area contributed by atoms with Crippen LogP contribution in [0, 0.1) is 5.92 Å². The standard InChI is InChI=1S/C12H17N3O5/c1-18-10(16)5-9-11(12(17)19-2)13-14-15(9)6-8-3-4-20-7-8/h8H,3-7H2,1-2H3. The number of carbonyl (C=O) groups is 2. The largest absolute Gasteiger partial charge is 0.469 e. The van der Waals surface area contributed by atoms with Gasteiger partial charge in [-0.05, 0) is 6.42 Å². The van der Waals surface area contributed by atoms with Crippen LogP contribution in [-0.2, 0) is 32.0 Å². The van der Waals surface area contributed by atoms with Crippen LogP contribution >= 0.6 is 0 Å². The Morgan fingerprint density at radius 2 is 2.20 bits per heavy atom. The molecule has 1 aromatic heterocycles. The van der Waals surface area contributed by atoms with Gasteiger partial charge in [0.1, 0.15) is 0 Å². The first-order valence-electron chi connectivity index (χ1n) is 6.31. The van der Waals surface area contributed by atoms with Gasteiger partial charge in [-0.2, -0.15) is 0 Å². The van der Waals surface area contributed by atoms with Crippen LogP contribution < -0.4 is 0 Å². The zero-order valence-corrected chi connectivity index (χ0v) is 11.5. The van der Waals surface area contributed by atoms with Crippen LogP contribution in [0.5, 0.6) is 0 Å². The first-order valence-corrected chi connectivity index (χ1v) is 6.31. The molecule has 1 saturated heterocycles. The van der Waals surface area contributed by atoms with Gasteiger partial charge in [0.15, 0.2) is 5.69 Å². The van der Waals surface area contributed by atoms with E-state index in [-0.39, 0.29) is 12.1 Å². The maximum atomic E-state index is 11.6. The summed E-state index contributed by atoms with van der Waals surface area (Å²) in [6.45, 7) is 1.91. The van der Waals surface area contributed by atoms with E-state index in [2.05, 4.69) is 19.8 Å². The van der Waals surface area contributed by atoms with E-state index >= 15 is 0 Å². The van der Waals surface area contributed by atoms with Crippen molar-refractivity contribution < 1.29 is 23.8 Å². The molecule has 1 fully saturated rings. The van der Waals surface area contributed by atoms with E-state index < -0.39 is 11.9 Å². The lowest BCUT2D eigenvalue weighted by Crippen LogP contribution is -2.18. The van der Waals surface area contributed by atoms with Crippen molar-refractivity contribution in [2.45, 2.75) is 19.4 Å². The molecule has 8 nitrogen and oxygen atoms in total. The second kappa shape index (κ2) is 6.47. The van der Waals surface area contributed by atoms with Gasteiger partial charge in [0.05, 0.1) is 32.9 Å². The van der Waals surface area contributed by atoms with Crippen LogP contribution in [0.25, 0.3) is 0 Å². The number of nitrogens with zero attached hydrogens (tertiary/aromatic N) is 3. The molecule has 0 spiro atoms. The fourth-order valence-electron chi connectivity index (χ4n) is 2.09. The lowest BCUT2D eigenvalue weighted by Gasteiger charge is -2.10. The third kappa shape index (κ3) is 3.13. The first-order chi connectivity index (χ1) is 9.65. The van der Waals surface area contributed by atoms with Gasteiger partial charge >= 0.3 is 11.9 Å². The molecule has 8 heteroatoms. The van der Waals surface area contributed by atoms with E-state index in [9.17, 15) is 9.59 Å². The number of methoxy groups -OCH3 is 2. The lowest BCUT2D eigenvalue weighted by molar-refractivity contribution is -0.139. The highest BCUT2D eigenvalue weighted by molar-refractivity contribution is 5.89. The predicted molar refractivity (Wildman–Crippen MR) is 66.0 cm³/mol. The van der Waals surface area contributed by atoms with E-state index in [4.69, 9.17) is 4.74 Å². The van der Waals surface area contributed by atoms with Crippen LogP contribution in [0.1, 0.15) is 22.6 Å². The van der Waals surface area contributed by atoms with Gasteiger partial charge < -0.3 is 14.2 Å². The minimum atomic E-state index is -0.613. The molecule has 1 aromatic rings. The highest BCUT2D eigenvalue weighted by Gasteiger charge is 2.25. The lowest BCUT2D eigenvalue weighted by atomic mass is 10.1. The van der Waals surface area contributed by atoms with Crippen LogP contribution in [0.3, 0.4) is 0 Å². The molecule has 1 unspecified atom stereocenters. The summed E-state index contributed by atoms with van der Waals surface area (Å²) in [5, 5.41) is 7.74. The molecule has 0 aromatic carbocycles. The number of hydrogen-bond donors (Lipinski definition) is 0. The topological polar surface area (TPSA) is 92.5 Å². The molecular weight excluding hydrogens is 266 g/mol. The third-order valence-corrected chi connectivity index (χ3v) is 3.21. The number of rotatable bonds is 5. The Morgan fingerprint density at radius 3 is 2.80 bits per heavy atom. The molecule has 20 heavy (non-hydrogen) atoms. The zero-order valence-electron chi connectivity index (χ0n) is 11.5. The van der Waals surface area contributed by atoms with Crippen molar-refractivity contribution in [2.24, 2.45) is 5.92 Å². The Bertz CT molecular complexity index is 493. The van der Waals surface area contributed by atoms with Gasteiger partial charge in [-0.1, -0.05) is 5.21 Å². The zero-order chi connectivity index (χ0) is 14.5. The Morgan fingerprint density at radius 1 is 1.40 bits per heavy atom. The SMILES string of the molecule is COC(=O)Cc1c(C(=O)OC)nnn1CC1CCOC1. The summed E-state index contributed by atoms with van der Waals surface area (Å²) in [4.78, 5) is 23.1. The second-order valence-corrected chi connectivity index (χ2v) is 4.54. The molecule has 1 atom stereocenters. The van der Waals surface area contributed by atoms with Gasteiger partial charge in [0.2, 0.25) is 0 Å². The van der Waals surface area contributed by atoms with E-state index in [0.29, 0.717) is 24.8 Å². The van der Waals surface area contributed by atoms with Crippen molar-refractivity contribution >= 4 is 11.9 Å². The normalized spacial score (nSPS) is 18.0. The van der Waals surface area contributed by atoms with Crippen LogP contribution in [-0.4, -0.2) is 54.4 Å².